The van der Waals surface area contributed by atoms with Crippen LogP contribution in [-0.2, 0) is 0 Å². The molecule has 2 atom stereocenters. The summed E-state index contributed by atoms with van der Waals surface area (Å²) in [5.41, 5.74) is 0. The Balaban J connectivity index is 1.88. The Labute approximate surface area is 68.2 Å². The minimum Gasteiger partial charge on any atom is -0.391 e. The Morgan fingerprint density at radius 3 is 2.27 bits per heavy atom. The van der Waals surface area contributed by atoms with Gasteiger partial charge in [0.2, 0.25) is 0 Å². The van der Waals surface area contributed by atoms with Gasteiger partial charge >= 0.3 is 0 Å². The lowest BCUT2D eigenvalue weighted by atomic mass is 9.90. The van der Waals surface area contributed by atoms with Gasteiger partial charge in [0.05, 0.1) is 6.10 Å². The van der Waals surface area contributed by atoms with E-state index < -0.39 is 0 Å². The van der Waals surface area contributed by atoms with Crippen molar-refractivity contribution in [3.8, 4) is 0 Å². The van der Waals surface area contributed by atoms with Gasteiger partial charge in [-0.15, -0.1) is 0 Å². The van der Waals surface area contributed by atoms with E-state index in [1.165, 1.54) is 38.8 Å². The van der Waals surface area contributed by atoms with Gasteiger partial charge in [-0.3, -0.25) is 4.90 Å². The van der Waals surface area contributed by atoms with Crippen molar-refractivity contribution in [2.24, 2.45) is 0 Å². The van der Waals surface area contributed by atoms with Gasteiger partial charge in [-0.2, -0.15) is 0 Å². The molecule has 2 aliphatic rings. The van der Waals surface area contributed by atoms with E-state index in [9.17, 15) is 5.11 Å². The van der Waals surface area contributed by atoms with Gasteiger partial charge in [0.15, 0.2) is 0 Å². The normalized spacial score (nSPS) is 40.1. The number of rotatable bonds is 1. The number of likely N-dealkylation sites (tertiary alicyclic amines) is 1. The lowest BCUT2D eigenvalue weighted by Crippen LogP contribution is -2.51. The quantitative estimate of drug-likeness (QED) is 0.610. The van der Waals surface area contributed by atoms with Crippen molar-refractivity contribution in [3.05, 3.63) is 0 Å². The second-order valence-electron chi connectivity index (χ2n) is 3.81. The first kappa shape index (κ1) is 7.56. The Bertz CT molecular complexity index is 132. The number of aliphatic hydroxyl groups excluding tert-OH is 1. The molecule has 1 saturated carbocycles. The summed E-state index contributed by atoms with van der Waals surface area (Å²) in [7, 11) is 0. The maximum Gasteiger partial charge on any atom is 0.0695 e. The molecule has 64 valence electrons. The average molecular weight is 155 g/mol. The SMILES string of the molecule is O[C@H]1CCCC[C@@H]1N1CCC1. The van der Waals surface area contributed by atoms with E-state index in [-0.39, 0.29) is 6.10 Å². The molecule has 2 nitrogen and oxygen atoms in total. The van der Waals surface area contributed by atoms with Gasteiger partial charge in [-0.25, -0.2) is 0 Å². The minimum atomic E-state index is -0.0240. The highest BCUT2D eigenvalue weighted by molar-refractivity contribution is 4.86. The molecule has 2 rings (SSSR count). The smallest absolute Gasteiger partial charge is 0.0695 e. The molecule has 1 aliphatic heterocycles. The first-order valence-corrected chi connectivity index (χ1v) is 4.80. The first-order chi connectivity index (χ1) is 5.38. The maximum absolute atomic E-state index is 9.66. The second-order valence-corrected chi connectivity index (χ2v) is 3.81. The average Bonchev–Trinajstić information content (AvgIpc) is 1.90. The van der Waals surface area contributed by atoms with E-state index in [1.54, 1.807) is 0 Å². The third-order valence-corrected chi connectivity index (χ3v) is 3.05. The van der Waals surface area contributed by atoms with Crippen LogP contribution in [0, 0.1) is 0 Å². The summed E-state index contributed by atoms with van der Waals surface area (Å²) in [6.45, 7) is 2.45. The van der Waals surface area contributed by atoms with E-state index in [1.807, 2.05) is 0 Å². The van der Waals surface area contributed by atoms with Crippen LogP contribution in [0.1, 0.15) is 32.1 Å². The van der Waals surface area contributed by atoms with Crippen molar-refractivity contribution in [1.29, 1.82) is 0 Å². The van der Waals surface area contributed by atoms with E-state index in [0.29, 0.717) is 6.04 Å². The largest absolute Gasteiger partial charge is 0.391 e. The number of hydrogen-bond donors (Lipinski definition) is 1. The molecule has 0 radical (unpaired) electrons. The Morgan fingerprint density at radius 2 is 1.73 bits per heavy atom. The zero-order valence-corrected chi connectivity index (χ0v) is 7.00. The summed E-state index contributed by atoms with van der Waals surface area (Å²) in [4.78, 5) is 2.43. The lowest BCUT2D eigenvalue weighted by molar-refractivity contribution is -0.00862. The van der Waals surface area contributed by atoms with Crippen molar-refractivity contribution in [3.63, 3.8) is 0 Å². The lowest BCUT2D eigenvalue weighted by Gasteiger charge is -2.42. The van der Waals surface area contributed by atoms with Crippen LogP contribution >= 0.6 is 0 Å². The molecule has 1 heterocycles. The maximum atomic E-state index is 9.66. The highest BCUT2D eigenvalue weighted by Crippen LogP contribution is 2.26. The Morgan fingerprint density at radius 1 is 1.00 bits per heavy atom. The summed E-state index contributed by atoms with van der Waals surface area (Å²) in [5, 5.41) is 9.66. The summed E-state index contributed by atoms with van der Waals surface area (Å²) < 4.78 is 0. The summed E-state index contributed by atoms with van der Waals surface area (Å²) in [6.07, 6.45) is 6.11. The molecule has 0 aromatic heterocycles. The van der Waals surface area contributed by atoms with Crippen LogP contribution in [0.3, 0.4) is 0 Å². The van der Waals surface area contributed by atoms with Crippen molar-refractivity contribution in [1.82, 2.24) is 4.90 Å². The van der Waals surface area contributed by atoms with Gasteiger partial charge in [0, 0.05) is 6.04 Å². The number of aliphatic hydroxyl groups is 1. The standard InChI is InChI=1S/C9H17NO/c11-9-5-2-1-4-8(9)10-6-3-7-10/h8-9,11H,1-7H2/t8-,9-/m0/s1. The summed E-state index contributed by atoms with van der Waals surface area (Å²) in [5.74, 6) is 0. The zero-order chi connectivity index (χ0) is 7.68. The van der Waals surface area contributed by atoms with E-state index in [2.05, 4.69) is 4.90 Å². The van der Waals surface area contributed by atoms with Crippen LogP contribution in [0.4, 0.5) is 0 Å². The molecule has 2 heteroatoms. The van der Waals surface area contributed by atoms with Crippen molar-refractivity contribution >= 4 is 0 Å². The van der Waals surface area contributed by atoms with Gasteiger partial charge < -0.3 is 5.11 Å². The molecule has 1 saturated heterocycles. The first-order valence-electron chi connectivity index (χ1n) is 4.80. The molecule has 0 unspecified atom stereocenters. The fourth-order valence-electron chi connectivity index (χ4n) is 2.19. The number of hydrogen-bond acceptors (Lipinski definition) is 2. The Kier molecular flexibility index (Phi) is 2.14. The second kappa shape index (κ2) is 3.11. The van der Waals surface area contributed by atoms with Crippen LogP contribution in [0.5, 0.6) is 0 Å². The molecule has 1 aliphatic carbocycles. The van der Waals surface area contributed by atoms with Gasteiger partial charge in [-0.1, -0.05) is 12.8 Å². The predicted molar refractivity (Wildman–Crippen MR) is 44.5 cm³/mol. The molecular formula is C9H17NO. The van der Waals surface area contributed by atoms with Crippen LogP contribution < -0.4 is 0 Å². The molecule has 0 aromatic carbocycles. The van der Waals surface area contributed by atoms with Gasteiger partial charge in [0.25, 0.3) is 0 Å². The topological polar surface area (TPSA) is 23.5 Å². The third kappa shape index (κ3) is 1.42. The van der Waals surface area contributed by atoms with Crippen molar-refractivity contribution < 1.29 is 5.11 Å². The number of nitrogens with zero attached hydrogens (tertiary/aromatic N) is 1. The fraction of sp³-hybridized carbons (Fsp3) is 1.00. The molecule has 0 spiro atoms. The van der Waals surface area contributed by atoms with Crippen LogP contribution in [0.25, 0.3) is 0 Å². The summed E-state index contributed by atoms with van der Waals surface area (Å²) >= 11 is 0. The molecule has 0 amide bonds. The third-order valence-electron chi connectivity index (χ3n) is 3.05. The fourth-order valence-corrected chi connectivity index (χ4v) is 2.19. The van der Waals surface area contributed by atoms with Gasteiger partial charge in [0.1, 0.15) is 0 Å². The Hall–Kier alpha value is -0.0800. The van der Waals surface area contributed by atoms with Crippen LogP contribution in [0.2, 0.25) is 0 Å². The van der Waals surface area contributed by atoms with Crippen molar-refractivity contribution in [2.75, 3.05) is 13.1 Å². The minimum absolute atomic E-state index is 0.0240. The van der Waals surface area contributed by atoms with Crippen LogP contribution in [0.15, 0.2) is 0 Å². The monoisotopic (exact) mass is 155 g/mol. The molecule has 0 aromatic rings. The van der Waals surface area contributed by atoms with E-state index in [0.717, 1.165) is 6.42 Å². The van der Waals surface area contributed by atoms with E-state index >= 15 is 0 Å². The van der Waals surface area contributed by atoms with E-state index in [4.69, 9.17) is 0 Å². The molecule has 0 bridgehead atoms. The molecule has 11 heavy (non-hydrogen) atoms. The molecular weight excluding hydrogens is 138 g/mol. The summed E-state index contributed by atoms with van der Waals surface area (Å²) in [6, 6.07) is 0.512. The van der Waals surface area contributed by atoms with Gasteiger partial charge in [-0.05, 0) is 32.4 Å². The highest BCUT2D eigenvalue weighted by atomic mass is 16.3. The predicted octanol–water partition coefficient (Wildman–Crippen LogP) is 0.996. The van der Waals surface area contributed by atoms with Crippen molar-refractivity contribution in [2.45, 2.75) is 44.2 Å². The molecule has 1 N–H and O–H groups in total. The van der Waals surface area contributed by atoms with Crippen LogP contribution in [-0.4, -0.2) is 35.2 Å². The zero-order valence-electron chi connectivity index (χ0n) is 7.00. The molecule has 2 fully saturated rings. The highest BCUT2D eigenvalue weighted by Gasteiger charge is 2.31.